The van der Waals surface area contributed by atoms with Crippen molar-refractivity contribution in [3.8, 4) is 5.75 Å². The summed E-state index contributed by atoms with van der Waals surface area (Å²) in [7, 11) is 0. The van der Waals surface area contributed by atoms with E-state index in [4.69, 9.17) is 16.3 Å². The Morgan fingerprint density at radius 3 is 2.33 bits per heavy atom. The van der Waals surface area contributed by atoms with Crippen LogP contribution in [0.2, 0.25) is 5.02 Å². The molecule has 1 fully saturated rings. The molecule has 5 rings (SSSR count). The van der Waals surface area contributed by atoms with Gasteiger partial charge in [-0.15, -0.1) is 10.2 Å². The highest BCUT2D eigenvalue weighted by Crippen LogP contribution is 2.39. The maximum Gasteiger partial charge on any atom is 0.262 e. The Labute approximate surface area is 182 Å². The molecule has 7 nitrogen and oxygen atoms in total. The third kappa shape index (κ3) is 3.46. The molecule has 0 radical (unpaired) electrons. The molecule has 0 atom stereocenters. The molecule has 30 heavy (non-hydrogen) atoms. The molecule has 0 N–H and O–H groups in total. The van der Waals surface area contributed by atoms with Crippen molar-refractivity contribution < 1.29 is 14.3 Å². The first kappa shape index (κ1) is 19.1. The number of hydrogen-bond donors (Lipinski definition) is 0. The largest absolute Gasteiger partial charge is 0.484 e. The van der Waals surface area contributed by atoms with Crippen LogP contribution >= 0.6 is 23.4 Å². The maximum absolute atomic E-state index is 12.6. The summed E-state index contributed by atoms with van der Waals surface area (Å²) in [5.41, 5.74) is 0.890. The number of rotatable bonds is 7. The predicted molar refractivity (Wildman–Crippen MR) is 112 cm³/mol. The average Bonchev–Trinajstić information content (AvgIpc) is 3.48. The number of thioether (sulfide) groups is 1. The van der Waals surface area contributed by atoms with E-state index in [2.05, 4.69) is 10.2 Å². The lowest BCUT2D eigenvalue weighted by molar-refractivity contribution is 0.0684. The average molecular weight is 441 g/mol. The summed E-state index contributed by atoms with van der Waals surface area (Å²) < 4.78 is 7.87. The van der Waals surface area contributed by atoms with Crippen molar-refractivity contribution in [3.05, 3.63) is 70.5 Å². The normalized spacial score (nSPS) is 15.6. The van der Waals surface area contributed by atoms with E-state index in [0.717, 1.165) is 12.8 Å². The molecule has 1 aliphatic heterocycles. The minimum absolute atomic E-state index is 0.183. The van der Waals surface area contributed by atoms with E-state index in [1.54, 1.807) is 36.4 Å². The molecule has 9 heteroatoms. The first-order chi connectivity index (χ1) is 14.6. The van der Waals surface area contributed by atoms with Gasteiger partial charge in [-0.05, 0) is 37.1 Å². The van der Waals surface area contributed by atoms with E-state index in [-0.39, 0.29) is 24.3 Å². The van der Waals surface area contributed by atoms with Crippen molar-refractivity contribution in [1.82, 2.24) is 19.7 Å². The van der Waals surface area contributed by atoms with Gasteiger partial charge < -0.3 is 4.74 Å². The van der Waals surface area contributed by atoms with Gasteiger partial charge in [-0.25, -0.2) is 0 Å². The van der Waals surface area contributed by atoms with Crippen LogP contribution in [0.5, 0.6) is 5.75 Å². The minimum Gasteiger partial charge on any atom is -0.484 e. The molecule has 2 aromatic carbocycles. The molecular weight excluding hydrogens is 424 g/mol. The molecule has 2 amide bonds. The Morgan fingerprint density at radius 2 is 1.67 bits per heavy atom. The molecular formula is C21H17ClN4O3S. The Kier molecular flexibility index (Phi) is 4.96. The molecule has 2 aliphatic rings. The fraction of sp³-hybridized carbons (Fsp3) is 0.238. The van der Waals surface area contributed by atoms with Crippen LogP contribution in [0.15, 0.2) is 53.7 Å². The number of amides is 2. The van der Waals surface area contributed by atoms with E-state index < -0.39 is 0 Å². The standard InChI is InChI=1S/C21H17ClN4O3S/c22-16-7-3-4-8-17(16)29-11-18-23-24-21(26(18)13-9-10-13)30-12-25-19(27)14-5-1-2-6-15(14)20(25)28/h1-8,13H,9-12H2. The van der Waals surface area contributed by atoms with Crippen molar-refractivity contribution in [3.63, 3.8) is 0 Å². The van der Waals surface area contributed by atoms with Crippen LogP contribution in [0.25, 0.3) is 0 Å². The molecule has 3 aromatic rings. The van der Waals surface area contributed by atoms with Gasteiger partial charge in [-0.1, -0.05) is 47.6 Å². The molecule has 0 spiro atoms. The molecule has 0 bridgehead atoms. The van der Waals surface area contributed by atoms with Crippen LogP contribution in [0.1, 0.15) is 45.4 Å². The Hall–Kier alpha value is -2.84. The fourth-order valence-electron chi connectivity index (χ4n) is 3.39. The number of hydrogen-bond acceptors (Lipinski definition) is 6. The Bertz CT molecular complexity index is 1110. The minimum atomic E-state index is -0.275. The van der Waals surface area contributed by atoms with Gasteiger partial charge in [0.1, 0.15) is 12.4 Å². The summed E-state index contributed by atoms with van der Waals surface area (Å²) in [5.74, 6) is 0.917. The van der Waals surface area contributed by atoms with Gasteiger partial charge in [0.2, 0.25) is 0 Å². The second-order valence-corrected chi connectivity index (χ2v) is 8.40. The summed E-state index contributed by atoms with van der Waals surface area (Å²) in [6.07, 6.45) is 2.08. The molecule has 1 aromatic heterocycles. The first-order valence-corrected chi connectivity index (χ1v) is 10.9. The first-order valence-electron chi connectivity index (χ1n) is 9.52. The third-order valence-corrected chi connectivity index (χ3v) is 6.28. The van der Waals surface area contributed by atoms with Crippen molar-refractivity contribution in [2.75, 3.05) is 5.88 Å². The fourth-order valence-corrected chi connectivity index (χ4v) is 4.55. The number of para-hydroxylation sites is 1. The molecule has 1 saturated carbocycles. The second kappa shape index (κ2) is 7.77. The molecule has 0 unspecified atom stereocenters. The number of ether oxygens (including phenoxy) is 1. The highest BCUT2D eigenvalue weighted by molar-refractivity contribution is 7.99. The van der Waals surface area contributed by atoms with Gasteiger partial charge >= 0.3 is 0 Å². The number of fused-ring (bicyclic) bond motifs is 1. The lowest BCUT2D eigenvalue weighted by Crippen LogP contribution is -2.29. The summed E-state index contributed by atoms with van der Waals surface area (Å²) in [6, 6.07) is 14.5. The number of aromatic nitrogens is 3. The number of imide groups is 1. The third-order valence-electron chi connectivity index (χ3n) is 5.04. The van der Waals surface area contributed by atoms with Crippen molar-refractivity contribution in [2.45, 2.75) is 30.6 Å². The molecule has 152 valence electrons. The lowest BCUT2D eigenvalue weighted by atomic mass is 10.1. The van der Waals surface area contributed by atoms with Crippen molar-refractivity contribution >= 4 is 35.2 Å². The zero-order chi connectivity index (χ0) is 20.7. The smallest absolute Gasteiger partial charge is 0.262 e. The van der Waals surface area contributed by atoms with Crippen molar-refractivity contribution in [1.29, 1.82) is 0 Å². The van der Waals surface area contributed by atoms with Crippen LogP contribution in [0, 0.1) is 0 Å². The van der Waals surface area contributed by atoms with E-state index in [0.29, 0.717) is 38.9 Å². The number of benzene rings is 2. The molecule has 1 aliphatic carbocycles. The van der Waals surface area contributed by atoms with E-state index in [1.165, 1.54) is 16.7 Å². The summed E-state index contributed by atoms with van der Waals surface area (Å²) in [5, 5.41) is 9.78. The number of carbonyl (C=O) groups is 2. The van der Waals surface area contributed by atoms with Gasteiger partial charge in [0, 0.05) is 6.04 Å². The van der Waals surface area contributed by atoms with E-state index >= 15 is 0 Å². The van der Waals surface area contributed by atoms with Crippen LogP contribution in [0.3, 0.4) is 0 Å². The van der Waals surface area contributed by atoms with Crippen molar-refractivity contribution in [2.24, 2.45) is 0 Å². The second-order valence-electron chi connectivity index (χ2n) is 7.08. The van der Waals surface area contributed by atoms with Gasteiger partial charge in [0.05, 0.1) is 22.0 Å². The van der Waals surface area contributed by atoms with E-state index in [1.807, 2.05) is 16.7 Å². The Morgan fingerprint density at radius 1 is 1.00 bits per heavy atom. The van der Waals surface area contributed by atoms with Gasteiger partial charge in [0.15, 0.2) is 11.0 Å². The van der Waals surface area contributed by atoms with Crippen LogP contribution in [-0.4, -0.2) is 37.4 Å². The SMILES string of the molecule is O=C1c2ccccc2C(=O)N1CSc1nnc(COc2ccccc2Cl)n1C1CC1. The van der Waals surface area contributed by atoms with Gasteiger partial charge in [-0.2, -0.15) is 0 Å². The number of nitrogens with zero attached hydrogens (tertiary/aromatic N) is 4. The topological polar surface area (TPSA) is 77.3 Å². The quantitative estimate of drug-likeness (QED) is 0.405. The molecule has 0 saturated heterocycles. The monoisotopic (exact) mass is 440 g/mol. The highest BCUT2D eigenvalue weighted by atomic mass is 35.5. The number of carbonyl (C=O) groups excluding carboxylic acids is 2. The molecule has 2 heterocycles. The van der Waals surface area contributed by atoms with Gasteiger partial charge in [-0.3, -0.25) is 19.1 Å². The highest BCUT2D eigenvalue weighted by Gasteiger charge is 2.36. The zero-order valence-corrected chi connectivity index (χ0v) is 17.4. The summed E-state index contributed by atoms with van der Waals surface area (Å²) in [4.78, 5) is 26.4. The van der Waals surface area contributed by atoms with Crippen LogP contribution in [-0.2, 0) is 6.61 Å². The predicted octanol–water partition coefficient (Wildman–Crippen LogP) is 4.19. The van der Waals surface area contributed by atoms with Gasteiger partial charge in [0.25, 0.3) is 11.8 Å². The number of halogens is 1. The summed E-state index contributed by atoms with van der Waals surface area (Å²) in [6.45, 7) is 0.237. The zero-order valence-electron chi connectivity index (χ0n) is 15.8. The van der Waals surface area contributed by atoms with E-state index in [9.17, 15) is 9.59 Å². The van der Waals surface area contributed by atoms with Crippen LogP contribution < -0.4 is 4.74 Å². The summed E-state index contributed by atoms with van der Waals surface area (Å²) >= 11 is 7.49. The Balaban J connectivity index is 1.31. The lowest BCUT2D eigenvalue weighted by Gasteiger charge is -2.14. The van der Waals surface area contributed by atoms with Crippen LogP contribution in [0.4, 0.5) is 0 Å². The maximum atomic E-state index is 12.6.